The molecule has 5 N–H and O–H groups in total. The Morgan fingerprint density at radius 2 is 1.87 bits per heavy atom. The molecule has 150 valence electrons. The van der Waals surface area contributed by atoms with E-state index in [1.807, 2.05) is 22.9 Å². The minimum atomic E-state index is -0.234. The van der Waals surface area contributed by atoms with Gasteiger partial charge in [-0.1, -0.05) is 18.2 Å². The number of benzene rings is 1. The maximum atomic E-state index is 12.5. The SMILES string of the molecule is Nc1ncnc2c1c(-c1ccc(C(=O)Nc3ccccn3)cc1)nn2[C@H]1C[C@@H](N)C1. The lowest BCUT2D eigenvalue weighted by molar-refractivity contribution is 0.102. The van der Waals surface area contributed by atoms with E-state index in [0.717, 1.165) is 18.4 Å². The Morgan fingerprint density at radius 3 is 2.57 bits per heavy atom. The highest BCUT2D eigenvalue weighted by atomic mass is 16.1. The van der Waals surface area contributed by atoms with Crippen molar-refractivity contribution in [2.75, 3.05) is 11.1 Å². The van der Waals surface area contributed by atoms with Crippen LogP contribution in [0.4, 0.5) is 11.6 Å². The van der Waals surface area contributed by atoms with E-state index in [9.17, 15) is 4.79 Å². The summed E-state index contributed by atoms with van der Waals surface area (Å²) in [5, 5.41) is 8.27. The van der Waals surface area contributed by atoms with Crippen LogP contribution in [0.2, 0.25) is 0 Å². The number of fused-ring (bicyclic) bond motifs is 1. The minimum absolute atomic E-state index is 0.189. The summed E-state index contributed by atoms with van der Waals surface area (Å²) in [7, 11) is 0. The summed E-state index contributed by atoms with van der Waals surface area (Å²) < 4.78 is 1.90. The van der Waals surface area contributed by atoms with Crippen LogP contribution >= 0.6 is 0 Å². The average Bonchev–Trinajstić information content (AvgIpc) is 3.13. The fraction of sp³-hybridized carbons (Fsp3) is 0.190. The van der Waals surface area contributed by atoms with Gasteiger partial charge < -0.3 is 16.8 Å². The van der Waals surface area contributed by atoms with Crippen LogP contribution in [-0.2, 0) is 0 Å². The van der Waals surface area contributed by atoms with Crippen molar-refractivity contribution in [1.29, 1.82) is 0 Å². The van der Waals surface area contributed by atoms with Crippen LogP contribution in [0.3, 0.4) is 0 Å². The summed E-state index contributed by atoms with van der Waals surface area (Å²) in [6.07, 6.45) is 4.78. The zero-order valence-electron chi connectivity index (χ0n) is 16.1. The highest BCUT2D eigenvalue weighted by Crippen LogP contribution is 2.37. The molecule has 9 heteroatoms. The van der Waals surface area contributed by atoms with Crippen LogP contribution in [0.1, 0.15) is 29.2 Å². The smallest absolute Gasteiger partial charge is 0.256 e. The number of hydrogen-bond donors (Lipinski definition) is 3. The molecule has 9 nitrogen and oxygen atoms in total. The van der Waals surface area contributed by atoms with Crippen molar-refractivity contribution in [1.82, 2.24) is 24.7 Å². The van der Waals surface area contributed by atoms with Gasteiger partial charge in [-0.3, -0.25) is 4.79 Å². The van der Waals surface area contributed by atoms with E-state index in [0.29, 0.717) is 33.9 Å². The maximum absolute atomic E-state index is 12.5. The van der Waals surface area contributed by atoms with Crippen LogP contribution in [0, 0.1) is 0 Å². The molecule has 0 spiro atoms. The first-order chi connectivity index (χ1) is 14.6. The number of pyridine rings is 1. The van der Waals surface area contributed by atoms with Crippen molar-refractivity contribution in [3.8, 4) is 11.3 Å². The Hall–Kier alpha value is -3.85. The number of nitrogens with zero attached hydrogens (tertiary/aromatic N) is 5. The van der Waals surface area contributed by atoms with Gasteiger partial charge in [0.15, 0.2) is 5.65 Å². The summed E-state index contributed by atoms with van der Waals surface area (Å²) in [4.78, 5) is 25.1. The molecule has 0 atom stereocenters. The number of amides is 1. The molecule has 5 rings (SSSR count). The van der Waals surface area contributed by atoms with Gasteiger partial charge in [-0.25, -0.2) is 19.6 Å². The summed E-state index contributed by atoms with van der Waals surface area (Å²) in [6, 6.07) is 12.9. The summed E-state index contributed by atoms with van der Waals surface area (Å²) in [5.41, 5.74) is 14.9. The Morgan fingerprint density at radius 1 is 1.07 bits per heavy atom. The maximum Gasteiger partial charge on any atom is 0.256 e. The van der Waals surface area contributed by atoms with Gasteiger partial charge in [0.05, 0.1) is 11.4 Å². The van der Waals surface area contributed by atoms with Crippen molar-refractivity contribution < 1.29 is 4.79 Å². The lowest BCUT2D eigenvalue weighted by atomic mass is 9.88. The molecule has 30 heavy (non-hydrogen) atoms. The molecule has 1 aromatic carbocycles. The second-order valence-corrected chi connectivity index (χ2v) is 7.38. The first-order valence-electron chi connectivity index (χ1n) is 9.67. The number of carbonyl (C=O) groups is 1. The van der Waals surface area contributed by atoms with Crippen molar-refractivity contribution in [2.45, 2.75) is 24.9 Å². The number of rotatable bonds is 4. The van der Waals surface area contributed by atoms with Gasteiger partial charge in [0.1, 0.15) is 23.7 Å². The van der Waals surface area contributed by atoms with Crippen molar-refractivity contribution in [3.63, 3.8) is 0 Å². The predicted molar refractivity (Wildman–Crippen MR) is 114 cm³/mol. The number of nitrogens with two attached hydrogens (primary N) is 2. The molecule has 1 amide bonds. The van der Waals surface area contributed by atoms with Gasteiger partial charge in [0, 0.05) is 23.4 Å². The molecule has 0 aliphatic heterocycles. The van der Waals surface area contributed by atoms with Crippen molar-refractivity contribution in [3.05, 3.63) is 60.6 Å². The van der Waals surface area contributed by atoms with Crippen LogP contribution in [0.5, 0.6) is 0 Å². The molecule has 0 bridgehead atoms. The molecule has 1 saturated carbocycles. The number of carbonyl (C=O) groups excluding carboxylic acids is 1. The Labute approximate surface area is 172 Å². The van der Waals surface area contributed by atoms with E-state index in [1.54, 1.807) is 30.5 Å². The molecular weight excluding hydrogens is 380 g/mol. The van der Waals surface area contributed by atoms with Gasteiger partial charge in [-0.05, 0) is 37.1 Å². The molecule has 0 radical (unpaired) electrons. The fourth-order valence-corrected chi connectivity index (χ4v) is 3.69. The van der Waals surface area contributed by atoms with Gasteiger partial charge in [0.2, 0.25) is 0 Å². The van der Waals surface area contributed by atoms with Crippen LogP contribution in [-0.4, -0.2) is 36.7 Å². The largest absolute Gasteiger partial charge is 0.383 e. The Balaban J connectivity index is 1.48. The third-order valence-electron chi connectivity index (χ3n) is 5.34. The lowest BCUT2D eigenvalue weighted by Crippen LogP contribution is -2.38. The quantitative estimate of drug-likeness (QED) is 0.478. The zero-order valence-corrected chi connectivity index (χ0v) is 16.1. The topological polar surface area (TPSA) is 138 Å². The highest BCUT2D eigenvalue weighted by molar-refractivity contribution is 6.04. The van der Waals surface area contributed by atoms with E-state index < -0.39 is 0 Å². The van der Waals surface area contributed by atoms with Gasteiger partial charge >= 0.3 is 0 Å². The fourth-order valence-electron chi connectivity index (χ4n) is 3.69. The number of anilines is 2. The standard InChI is InChI=1S/C21H20N8O/c22-14-9-15(10-14)29-20-17(19(23)25-11-26-20)18(28-29)12-4-6-13(7-5-12)21(30)27-16-3-1-2-8-24-16/h1-8,11,14-15H,9-10,22H2,(H2,23,25,26)(H,24,27,30)/t14-,15+. The van der Waals surface area contributed by atoms with E-state index in [-0.39, 0.29) is 18.0 Å². The van der Waals surface area contributed by atoms with E-state index >= 15 is 0 Å². The summed E-state index contributed by atoms with van der Waals surface area (Å²) >= 11 is 0. The second kappa shape index (κ2) is 7.20. The van der Waals surface area contributed by atoms with E-state index in [4.69, 9.17) is 16.6 Å². The van der Waals surface area contributed by atoms with Crippen molar-refractivity contribution in [2.24, 2.45) is 5.73 Å². The number of nitrogens with one attached hydrogen (secondary N) is 1. The minimum Gasteiger partial charge on any atom is -0.383 e. The number of aromatic nitrogens is 5. The van der Waals surface area contributed by atoms with Gasteiger partial charge in [-0.15, -0.1) is 0 Å². The highest BCUT2D eigenvalue weighted by Gasteiger charge is 2.31. The molecule has 1 aliphatic carbocycles. The van der Waals surface area contributed by atoms with E-state index in [2.05, 4.69) is 20.3 Å². The van der Waals surface area contributed by atoms with Crippen LogP contribution in [0.15, 0.2) is 55.0 Å². The van der Waals surface area contributed by atoms with Crippen LogP contribution in [0.25, 0.3) is 22.3 Å². The molecule has 1 aliphatic rings. The number of hydrogen-bond acceptors (Lipinski definition) is 7. The first-order valence-corrected chi connectivity index (χ1v) is 9.67. The molecule has 3 aromatic heterocycles. The third-order valence-corrected chi connectivity index (χ3v) is 5.34. The molecular formula is C21H20N8O. The Kier molecular flexibility index (Phi) is 4.36. The zero-order chi connectivity index (χ0) is 20.7. The molecule has 0 unspecified atom stereocenters. The molecule has 0 saturated heterocycles. The summed E-state index contributed by atoms with van der Waals surface area (Å²) in [6.45, 7) is 0. The van der Waals surface area contributed by atoms with Crippen molar-refractivity contribution >= 4 is 28.6 Å². The third kappa shape index (κ3) is 3.15. The second-order valence-electron chi connectivity index (χ2n) is 7.38. The van der Waals surface area contributed by atoms with Gasteiger partial charge in [-0.2, -0.15) is 5.10 Å². The lowest BCUT2D eigenvalue weighted by Gasteiger charge is -2.32. The Bertz CT molecular complexity index is 1210. The van der Waals surface area contributed by atoms with Crippen LogP contribution < -0.4 is 16.8 Å². The monoisotopic (exact) mass is 400 g/mol. The predicted octanol–water partition coefficient (Wildman–Crippen LogP) is 2.38. The first kappa shape index (κ1) is 18.2. The summed E-state index contributed by atoms with van der Waals surface area (Å²) in [5.74, 6) is 0.642. The average molecular weight is 400 g/mol. The molecule has 4 aromatic rings. The molecule has 3 heterocycles. The normalized spacial score (nSPS) is 18.2. The number of nitrogen functional groups attached to an aromatic ring is 1. The van der Waals surface area contributed by atoms with E-state index in [1.165, 1.54) is 6.33 Å². The molecule has 1 fully saturated rings. The van der Waals surface area contributed by atoms with Gasteiger partial charge in [0.25, 0.3) is 5.91 Å².